The molecule has 0 amide bonds. The van der Waals surface area contributed by atoms with Crippen LogP contribution < -0.4 is 5.32 Å². The Kier molecular flexibility index (Phi) is 3.77. The highest BCUT2D eigenvalue weighted by molar-refractivity contribution is 9.10. The fraction of sp³-hybridized carbons (Fsp3) is 0.357. The zero-order valence-electron chi connectivity index (χ0n) is 9.97. The number of benzene rings is 1. The van der Waals surface area contributed by atoms with Crippen LogP contribution in [0.1, 0.15) is 28.7 Å². The molecule has 94 valence electrons. The van der Waals surface area contributed by atoms with Gasteiger partial charge >= 0.3 is 0 Å². The zero-order chi connectivity index (χ0) is 12.4. The Hall–Kier alpha value is -0.710. The summed E-state index contributed by atoms with van der Waals surface area (Å²) in [5, 5.41) is 3.52. The van der Waals surface area contributed by atoms with Crippen LogP contribution in [0.5, 0.6) is 0 Å². The Labute approximate surface area is 120 Å². The highest BCUT2D eigenvalue weighted by atomic mass is 79.9. The van der Waals surface area contributed by atoms with Gasteiger partial charge in [-0.15, -0.1) is 11.3 Å². The number of aromatic nitrogens is 1. The molecule has 2 nitrogen and oxygen atoms in total. The van der Waals surface area contributed by atoms with E-state index in [1.807, 2.05) is 11.7 Å². The maximum atomic E-state index is 4.23. The van der Waals surface area contributed by atoms with Gasteiger partial charge in [0, 0.05) is 33.9 Å². The Morgan fingerprint density at radius 1 is 1.28 bits per heavy atom. The smallest absolute Gasteiger partial charge is 0.0794 e. The van der Waals surface area contributed by atoms with Crippen molar-refractivity contribution in [1.29, 1.82) is 0 Å². The Balaban J connectivity index is 1.95. The van der Waals surface area contributed by atoms with Crippen LogP contribution >= 0.6 is 27.3 Å². The summed E-state index contributed by atoms with van der Waals surface area (Å²) >= 11 is 5.46. The molecular formula is C14H15BrN2S. The number of hydrogen-bond acceptors (Lipinski definition) is 3. The number of hydrogen-bond donors (Lipinski definition) is 1. The first-order valence-electron chi connectivity index (χ1n) is 6.20. The van der Waals surface area contributed by atoms with E-state index in [1.54, 1.807) is 11.3 Å². The highest BCUT2D eigenvalue weighted by Crippen LogP contribution is 2.40. The molecule has 1 saturated heterocycles. The van der Waals surface area contributed by atoms with Gasteiger partial charge in [0.05, 0.1) is 5.51 Å². The molecule has 1 aromatic heterocycles. The zero-order valence-corrected chi connectivity index (χ0v) is 12.4. The van der Waals surface area contributed by atoms with Crippen LogP contribution in [0.3, 0.4) is 0 Å². The molecular weight excluding hydrogens is 308 g/mol. The number of nitrogens with one attached hydrogen (secondary N) is 1. The van der Waals surface area contributed by atoms with Gasteiger partial charge in [0.1, 0.15) is 0 Å². The number of piperidine rings is 1. The van der Waals surface area contributed by atoms with Crippen LogP contribution in [0.4, 0.5) is 0 Å². The average molecular weight is 323 g/mol. The summed E-state index contributed by atoms with van der Waals surface area (Å²) in [5.74, 6) is 1.13. The Morgan fingerprint density at radius 3 is 2.94 bits per heavy atom. The van der Waals surface area contributed by atoms with E-state index in [2.05, 4.69) is 50.5 Å². The normalized spacial score (nSPS) is 24.1. The first-order valence-corrected chi connectivity index (χ1v) is 7.87. The van der Waals surface area contributed by atoms with Crippen LogP contribution in [0.15, 0.2) is 40.4 Å². The third-order valence-electron chi connectivity index (χ3n) is 3.60. The summed E-state index contributed by atoms with van der Waals surface area (Å²) in [6.07, 6.45) is 3.22. The van der Waals surface area contributed by atoms with E-state index in [-0.39, 0.29) is 0 Å². The molecule has 4 heteroatoms. The van der Waals surface area contributed by atoms with Gasteiger partial charge in [-0.2, -0.15) is 0 Å². The standard InChI is InChI=1S/C14H15BrN2S/c15-13-4-2-1-3-10(13)12-7-16-6-5-11(12)14-8-17-9-18-14/h1-4,8-9,11-12,16H,5-7H2. The lowest BCUT2D eigenvalue weighted by molar-refractivity contribution is 0.407. The Morgan fingerprint density at radius 2 is 2.17 bits per heavy atom. The van der Waals surface area contributed by atoms with E-state index >= 15 is 0 Å². The van der Waals surface area contributed by atoms with Crippen molar-refractivity contribution < 1.29 is 0 Å². The van der Waals surface area contributed by atoms with Gasteiger partial charge in [-0.25, -0.2) is 0 Å². The summed E-state index contributed by atoms with van der Waals surface area (Å²) in [6, 6.07) is 8.56. The first-order chi connectivity index (χ1) is 8.86. The average Bonchev–Trinajstić information content (AvgIpc) is 2.93. The maximum Gasteiger partial charge on any atom is 0.0794 e. The Bertz CT molecular complexity index is 512. The van der Waals surface area contributed by atoms with Crippen molar-refractivity contribution in [2.45, 2.75) is 18.3 Å². The molecule has 2 aromatic rings. The summed E-state index contributed by atoms with van der Waals surface area (Å²) in [5.41, 5.74) is 3.34. The molecule has 0 saturated carbocycles. The minimum atomic E-state index is 0.537. The summed E-state index contributed by atoms with van der Waals surface area (Å²) < 4.78 is 1.22. The monoisotopic (exact) mass is 322 g/mol. The van der Waals surface area contributed by atoms with Crippen molar-refractivity contribution in [3.05, 3.63) is 50.9 Å². The molecule has 0 radical (unpaired) electrons. The lowest BCUT2D eigenvalue weighted by atomic mass is 9.81. The third kappa shape index (κ3) is 2.37. The molecule has 1 aromatic carbocycles. The van der Waals surface area contributed by atoms with Crippen molar-refractivity contribution in [1.82, 2.24) is 10.3 Å². The number of rotatable bonds is 2. The lowest BCUT2D eigenvalue weighted by Gasteiger charge is -2.32. The molecule has 1 aliphatic heterocycles. The van der Waals surface area contributed by atoms with E-state index in [4.69, 9.17) is 0 Å². The van der Waals surface area contributed by atoms with Crippen molar-refractivity contribution >= 4 is 27.3 Å². The summed E-state index contributed by atoms with van der Waals surface area (Å²) in [4.78, 5) is 5.65. The quantitative estimate of drug-likeness (QED) is 0.910. The van der Waals surface area contributed by atoms with Crippen molar-refractivity contribution in [3.8, 4) is 0 Å². The molecule has 2 unspecified atom stereocenters. The SMILES string of the molecule is Brc1ccccc1C1CNCCC1c1cncs1. The fourth-order valence-electron chi connectivity index (χ4n) is 2.71. The number of nitrogens with zero attached hydrogens (tertiary/aromatic N) is 1. The molecule has 1 aliphatic rings. The molecule has 18 heavy (non-hydrogen) atoms. The molecule has 1 fully saturated rings. The lowest BCUT2D eigenvalue weighted by Crippen LogP contribution is -2.33. The van der Waals surface area contributed by atoms with Crippen LogP contribution in [-0.4, -0.2) is 18.1 Å². The molecule has 0 spiro atoms. The second-order valence-corrected chi connectivity index (χ2v) is 6.40. The second-order valence-electron chi connectivity index (χ2n) is 4.63. The summed E-state index contributed by atoms with van der Waals surface area (Å²) in [6.45, 7) is 2.15. The largest absolute Gasteiger partial charge is 0.316 e. The second kappa shape index (κ2) is 5.51. The van der Waals surface area contributed by atoms with Gasteiger partial charge in [-0.3, -0.25) is 4.98 Å². The van der Waals surface area contributed by atoms with Crippen LogP contribution in [0.2, 0.25) is 0 Å². The maximum absolute atomic E-state index is 4.23. The van der Waals surface area contributed by atoms with Gasteiger partial charge in [-0.05, 0) is 24.6 Å². The van der Waals surface area contributed by atoms with E-state index in [9.17, 15) is 0 Å². The summed E-state index contributed by atoms with van der Waals surface area (Å²) in [7, 11) is 0. The van der Waals surface area contributed by atoms with Crippen LogP contribution in [-0.2, 0) is 0 Å². The van der Waals surface area contributed by atoms with Crippen molar-refractivity contribution in [2.75, 3.05) is 13.1 Å². The van der Waals surface area contributed by atoms with Crippen molar-refractivity contribution in [2.24, 2.45) is 0 Å². The van der Waals surface area contributed by atoms with Crippen molar-refractivity contribution in [3.63, 3.8) is 0 Å². The minimum Gasteiger partial charge on any atom is -0.316 e. The molecule has 0 bridgehead atoms. The van der Waals surface area contributed by atoms with Gasteiger partial charge in [0.2, 0.25) is 0 Å². The predicted molar refractivity (Wildman–Crippen MR) is 79.2 cm³/mol. The predicted octanol–water partition coefficient (Wildman–Crippen LogP) is 3.77. The van der Waals surface area contributed by atoms with E-state index in [0.717, 1.165) is 13.1 Å². The van der Waals surface area contributed by atoms with Gasteiger partial charge in [0.25, 0.3) is 0 Å². The first kappa shape index (κ1) is 12.3. The van der Waals surface area contributed by atoms with Gasteiger partial charge in [-0.1, -0.05) is 34.1 Å². The molecule has 2 atom stereocenters. The number of thiazole rings is 1. The topological polar surface area (TPSA) is 24.9 Å². The van der Waals surface area contributed by atoms with Gasteiger partial charge < -0.3 is 5.32 Å². The molecule has 1 N–H and O–H groups in total. The van der Waals surface area contributed by atoms with Crippen LogP contribution in [0.25, 0.3) is 0 Å². The van der Waals surface area contributed by atoms with E-state index < -0.39 is 0 Å². The number of halogens is 1. The highest BCUT2D eigenvalue weighted by Gasteiger charge is 2.29. The van der Waals surface area contributed by atoms with E-state index in [1.165, 1.54) is 21.3 Å². The molecule has 0 aliphatic carbocycles. The minimum absolute atomic E-state index is 0.537. The van der Waals surface area contributed by atoms with E-state index in [0.29, 0.717) is 11.8 Å². The molecule has 2 heterocycles. The third-order valence-corrected chi connectivity index (χ3v) is 5.23. The van der Waals surface area contributed by atoms with Gasteiger partial charge in [0.15, 0.2) is 0 Å². The van der Waals surface area contributed by atoms with Crippen LogP contribution in [0, 0.1) is 0 Å². The fourth-order valence-corrected chi connectivity index (χ4v) is 4.11. The molecule has 3 rings (SSSR count).